The lowest BCUT2D eigenvalue weighted by Gasteiger charge is -2.51. The van der Waals surface area contributed by atoms with Gasteiger partial charge in [0.05, 0.1) is 0 Å². The van der Waals surface area contributed by atoms with Gasteiger partial charge in [0.15, 0.2) is 5.65 Å². The van der Waals surface area contributed by atoms with Crippen molar-refractivity contribution in [3.8, 4) is 0 Å². The number of benzene rings is 1. The summed E-state index contributed by atoms with van der Waals surface area (Å²) in [7, 11) is 0. The van der Waals surface area contributed by atoms with Gasteiger partial charge in [0.1, 0.15) is 12.1 Å². The molecule has 6 heterocycles. The van der Waals surface area contributed by atoms with Gasteiger partial charge in [-0.2, -0.15) is 4.98 Å². The van der Waals surface area contributed by atoms with Crippen molar-refractivity contribution in [2.75, 3.05) is 30.3 Å². The highest BCUT2D eigenvalue weighted by atomic mass is 15.4. The first kappa shape index (κ1) is 15.4. The van der Waals surface area contributed by atoms with Crippen LogP contribution in [0, 0.1) is 5.92 Å². The highest BCUT2D eigenvalue weighted by Crippen LogP contribution is 2.47. The zero-order valence-electron chi connectivity index (χ0n) is 15.1. The zero-order chi connectivity index (χ0) is 18.0. The number of nitrogen functional groups attached to an aromatic ring is 1. The second-order valence-corrected chi connectivity index (χ2v) is 8.06. The largest absolute Gasteiger partial charge is 0.369 e. The minimum absolute atomic E-state index is 0.452. The van der Waals surface area contributed by atoms with Crippen LogP contribution in [0.5, 0.6) is 0 Å². The van der Waals surface area contributed by atoms with Crippen LogP contribution in [0.4, 0.5) is 11.8 Å². The maximum Gasteiger partial charge on any atom is 0.209 e. The summed E-state index contributed by atoms with van der Waals surface area (Å²) in [5, 5.41) is 8.17. The summed E-state index contributed by atoms with van der Waals surface area (Å²) < 4.78 is 1.74. The minimum Gasteiger partial charge on any atom is -0.369 e. The number of rotatable bonds is 2. The van der Waals surface area contributed by atoms with Gasteiger partial charge in [-0.15, -0.1) is 10.2 Å². The molecule has 7 nitrogen and oxygen atoms in total. The minimum atomic E-state index is 0.452. The average Bonchev–Trinajstić information content (AvgIpc) is 3.36. The Labute approximate surface area is 157 Å². The number of hydrogen-bond acceptors (Lipinski definition) is 6. The second kappa shape index (κ2) is 5.66. The quantitative estimate of drug-likeness (QED) is 0.750. The molecule has 0 radical (unpaired) electrons. The first-order valence-electron chi connectivity index (χ1n) is 9.81. The molecule has 0 amide bonds. The molecular formula is C20H23N7. The number of hydrogen-bond donors (Lipinski definition) is 1. The molecule has 1 aromatic carbocycles. The lowest BCUT2D eigenvalue weighted by atomic mass is 9.75. The van der Waals surface area contributed by atoms with E-state index in [1.54, 1.807) is 10.7 Å². The Bertz CT molecular complexity index is 976. The molecule has 0 unspecified atom stereocenters. The van der Waals surface area contributed by atoms with Crippen LogP contribution in [0.15, 0.2) is 42.7 Å². The average molecular weight is 361 g/mol. The van der Waals surface area contributed by atoms with Crippen molar-refractivity contribution in [3.63, 3.8) is 0 Å². The molecule has 3 aromatic rings. The summed E-state index contributed by atoms with van der Waals surface area (Å²) in [5.74, 6) is 2.62. The Kier molecular flexibility index (Phi) is 3.23. The van der Waals surface area contributed by atoms with Crippen LogP contribution in [0.3, 0.4) is 0 Å². The molecule has 7 heteroatoms. The standard InChI is InChI=1S/C20H23N7/c21-20-23-16(10-17-24-22-12-27(17)20)26-11-15(13-4-2-1-3-5-13)19-18(26)14-6-8-25(19)9-7-14/h1-5,10,12,14-15,18-19H,6-9,11H2,(H2,21,23)/t15-,18-,19-/m1/s1. The van der Waals surface area contributed by atoms with Gasteiger partial charge >= 0.3 is 0 Å². The van der Waals surface area contributed by atoms with Crippen LogP contribution >= 0.6 is 0 Å². The van der Waals surface area contributed by atoms with Crippen molar-refractivity contribution in [1.29, 1.82) is 0 Å². The Morgan fingerprint density at radius 1 is 1.04 bits per heavy atom. The molecule has 2 N–H and O–H groups in total. The van der Waals surface area contributed by atoms with Crippen molar-refractivity contribution >= 4 is 17.4 Å². The Balaban J connectivity index is 1.46. The van der Waals surface area contributed by atoms with Crippen LogP contribution in [-0.4, -0.2) is 56.2 Å². The molecule has 4 aliphatic rings. The van der Waals surface area contributed by atoms with E-state index in [-0.39, 0.29) is 0 Å². The molecule has 27 heavy (non-hydrogen) atoms. The van der Waals surface area contributed by atoms with Gasteiger partial charge in [0.2, 0.25) is 5.95 Å². The monoisotopic (exact) mass is 361 g/mol. The van der Waals surface area contributed by atoms with Crippen molar-refractivity contribution in [3.05, 3.63) is 48.3 Å². The molecule has 0 aliphatic carbocycles. The molecule has 7 rings (SSSR count). The van der Waals surface area contributed by atoms with E-state index < -0.39 is 0 Å². The molecule has 2 aromatic heterocycles. The third-order valence-corrected chi connectivity index (χ3v) is 6.82. The van der Waals surface area contributed by atoms with Gasteiger partial charge in [-0.1, -0.05) is 30.3 Å². The fraction of sp³-hybridized carbons (Fsp3) is 0.450. The van der Waals surface area contributed by atoms with Crippen molar-refractivity contribution < 1.29 is 0 Å². The summed E-state index contributed by atoms with van der Waals surface area (Å²) >= 11 is 0. The van der Waals surface area contributed by atoms with Gasteiger partial charge in [0, 0.05) is 30.6 Å². The number of nitrogens with zero attached hydrogens (tertiary/aromatic N) is 6. The molecule has 2 bridgehead atoms. The topological polar surface area (TPSA) is 75.6 Å². The van der Waals surface area contributed by atoms with Crippen molar-refractivity contribution in [2.24, 2.45) is 5.92 Å². The van der Waals surface area contributed by atoms with Crippen molar-refractivity contribution in [1.82, 2.24) is 24.5 Å². The first-order valence-corrected chi connectivity index (χ1v) is 9.81. The van der Waals surface area contributed by atoms with Gasteiger partial charge in [-0.05, 0) is 37.4 Å². The van der Waals surface area contributed by atoms with Gasteiger partial charge < -0.3 is 10.6 Å². The Hall–Kier alpha value is -2.67. The van der Waals surface area contributed by atoms with Crippen LogP contribution < -0.4 is 10.6 Å². The lowest BCUT2D eigenvalue weighted by Crippen LogP contribution is -2.60. The highest BCUT2D eigenvalue weighted by molar-refractivity contribution is 5.57. The number of fused-ring (bicyclic) bond motifs is 3. The maximum absolute atomic E-state index is 6.19. The van der Waals surface area contributed by atoms with E-state index in [1.165, 1.54) is 31.5 Å². The summed E-state index contributed by atoms with van der Waals surface area (Å²) in [6, 6.07) is 14.0. The van der Waals surface area contributed by atoms with Gasteiger partial charge in [0.25, 0.3) is 0 Å². The predicted octanol–water partition coefficient (Wildman–Crippen LogP) is 1.77. The van der Waals surface area contributed by atoms with E-state index in [1.807, 2.05) is 6.07 Å². The third-order valence-electron chi connectivity index (χ3n) is 6.82. The summed E-state index contributed by atoms with van der Waals surface area (Å²) in [6.45, 7) is 3.42. The molecule has 4 aliphatic heterocycles. The van der Waals surface area contributed by atoms with Crippen LogP contribution in [-0.2, 0) is 0 Å². The molecule has 138 valence electrons. The maximum atomic E-state index is 6.19. The molecule has 4 fully saturated rings. The highest BCUT2D eigenvalue weighted by Gasteiger charge is 2.53. The lowest BCUT2D eigenvalue weighted by molar-refractivity contribution is 0.0354. The van der Waals surface area contributed by atoms with Crippen LogP contribution in [0.1, 0.15) is 24.3 Å². The number of anilines is 2. The smallest absolute Gasteiger partial charge is 0.209 e. The molecule has 0 saturated carbocycles. The number of nitrogens with two attached hydrogens (primary N) is 1. The Morgan fingerprint density at radius 3 is 2.67 bits per heavy atom. The fourth-order valence-corrected chi connectivity index (χ4v) is 5.66. The van der Waals surface area contributed by atoms with Gasteiger partial charge in [-0.3, -0.25) is 9.30 Å². The molecular weight excluding hydrogens is 338 g/mol. The first-order chi connectivity index (χ1) is 13.3. The van der Waals surface area contributed by atoms with Gasteiger partial charge in [-0.25, -0.2) is 0 Å². The van der Waals surface area contributed by atoms with E-state index in [9.17, 15) is 0 Å². The summed E-state index contributed by atoms with van der Waals surface area (Å²) in [4.78, 5) is 9.94. The normalized spacial score (nSPS) is 32.1. The van der Waals surface area contributed by atoms with Crippen LogP contribution in [0.2, 0.25) is 0 Å². The van der Waals surface area contributed by atoms with E-state index >= 15 is 0 Å². The Morgan fingerprint density at radius 2 is 1.85 bits per heavy atom. The fourth-order valence-electron chi connectivity index (χ4n) is 5.66. The molecule has 4 saturated heterocycles. The van der Waals surface area contributed by atoms with E-state index in [0.29, 0.717) is 23.9 Å². The van der Waals surface area contributed by atoms with E-state index in [0.717, 1.165) is 23.9 Å². The zero-order valence-corrected chi connectivity index (χ0v) is 15.1. The molecule has 0 spiro atoms. The van der Waals surface area contributed by atoms with Crippen LogP contribution in [0.25, 0.3) is 5.65 Å². The predicted molar refractivity (Wildman–Crippen MR) is 104 cm³/mol. The summed E-state index contributed by atoms with van der Waals surface area (Å²) in [5.41, 5.74) is 8.39. The summed E-state index contributed by atoms with van der Waals surface area (Å²) in [6.07, 6.45) is 4.18. The number of piperidine rings is 3. The second-order valence-electron chi connectivity index (χ2n) is 8.06. The van der Waals surface area contributed by atoms with E-state index in [2.05, 4.69) is 50.3 Å². The molecule has 3 atom stereocenters. The third kappa shape index (κ3) is 2.21. The number of aromatic nitrogens is 4. The van der Waals surface area contributed by atoms with Crippen molar-refractivity contribution in [2.45, 2.75) is 30.8 Å². The van der Waals surface area contributed by atoms with E-state index in [4.69, 9.17) is 10.7 Å². The SMILES string of the molecule is Nc1nc(N2C[C@H](c3ccccc3)[C@@H]3[C@H]2C2CCN3CC2)cc2nncn12.